The molecule has 11 heteroatoms. The van der Waals surface area contributed by atoms with Gasteiger partial charge in [0.1, 0.15) is 11.6 Å². The molecule has 1 heterocycles. The molecule has 0 saturated carbocycles. The fourth-order valence-corrected chi connectivity index (χ4v) is 2.71. The number of likely N-dealkylation sites (N-methyl/N-ethyl adjacent to an activating group) is 1. The van der Waals surface area contributed by atoms with Gasteiger partial charge in [-0.15, -0.1) is 0 Å². The van der Waals surface area contributed by atoms with Crippen LogP contribution in [-0.4, -0.2) is 40.1 Å². The second kappa shape index (κ2) is 8.54. The van der Waals surface area contributed by atoms with E-state index in [4.69, 9.17) is 0 Å². The van der Waals surface area contributed by atoms with E-state index in [-0.39, 0.29) is 11.3 Å². The molecule has 0 fully saturated rings. The minimum atomic E-state index is -4.57. The van der Waals surface area contributed by atoms with E-state index in [9.17, 15) is 31.5 Å². The van der Waals surface area contributed by atoms with E-state index >= 15 is 0 Å². The monoisotopic (exact) mass is 438 g/mol. The lowest BCUT2D eigenvalue weighted by Crippen LogP contribution is -2.35. The summed E-state index contributed by atoms with van der Waals surface area (Å²) in [4.78, 5) is 25.6. The smallest absolute Gasteiger partial charge is 0.332 e. The average molecular weight is 438 g/mol. The molecule has 0 unspecified atom stereocenters. The molecule has 162 valence electrons. The van der Waals surface area contributed by atoms with Gasteiger partial charge in [0.25, 0.3) is 5.91 Å². The molecule has 1 N–H and O–H groups in total. The molecule has 0 atom stereocenters. The van der Waals surface area contributed by atoms with Crippen molar-refractivity contribution in [1.82, 2.24) is 14.7 Å². The number of nitrogens with zero attached hydrogens (tertiary/aromatic N) is 3. The number of carbonyl (C=O) groups excluding carboxylic acids is 2. The molecule has 6 nitrogen and oxygen atoms in total. The zero-order chi connectivity index (χ0) is 22.8. The molecule has 0 saturated heterocycles. The van der Waals surface area contributed by atoms with E-state index in [0.29, 0.717) is 11.8 Å². The fourth-order valence-electron chi connectivity index (χ4n) is 2.71. The Bertz CT molecular complexity index is 1090. The lowest BCUT2D eigenvalue weighted by molar-refractivity contribution is -0.141. The van der Waals surface area contributed by atoms with E-state index in [2.05, 4.69) is 10.4 Å². The SMILES string of the molecule is CN(CC(=O)Nc1cc(F)cc(F)c1)C(=O)c1ccc(-n2ccc(C(F)(F)F)n2)cc1. The molecule has 31 heavy (non-hydrogen) atoms. The highest BCUT2D eigenvalue weighted by molar-refractivity contribution is 5.99. The molecule has 3 rings (SSSR count). The Labute approximate surface area is 172 Å². The number of amides is 2. The highest BCUT2D eigenvalue weighted by atomic mass is 19.4. The van der Waals surface area contributed by atoms with Gasteiger partial charge in [-0.05, 0) is 42.5 Å². The molecule has 0 aliphatic rings. The molecule has 0 spiro atoms. The van der Waals surface area contributed by atoms with Crippen molar-refractivity contribution < 1.29 is 31.5 Å². The number of benzene rings is 2. The van der Waals surface area contributed by atoms with Crippen LogP contribution in [0.15, 0.2) is 54.7 Å². The summed E-state index contributed by atoms with van der Waals surface area (Å²) < 4.78 is 65.4. The maximum Gasteiger partial charge on any atom is 0.435 e. The second-order valence-electron chi connectivity index (χ2n) is 6.56. The highest BCUT2D eigenvalue weighted by Crippen LogP contribution is 2.27. The normalized spacial score (nSPS) is 11.3. The highest BCUT2D eigenvalue weighted by Gasteiger charge is 2.33. The molecule has 0 aliphatic heterocycles. The third-order valence-corrected chi connectivity index (χ3v) is 4.13. The van der Waals surface area contributed by atoms with Crippen LogP contribution in [0.4, 0.5) is 27.6 Å². The number of aromatic nitrogens is 2. The number of hydrogen-bond acceptors (Lipinski definition) is 3. The molecule has 0 aliphatic carbocycles. The second-order valence-corrected chi connectivity index (χ2v) is 6.56. The minimum Gasteiger partial charge on any atom is -0.332 e. The van der Waals surface area contributed by atoms with Crippen LogP contribution < -0.4 is 5.32 Å². The molecular formula is C20H15F5N4O2. The van der Waals surface area contributed by atoms with Crippen molar-refractivity contribution >= 4 is 17.5 Å². The van der Waals surface area contributed by atoms with Gasteiger partial charge in [-0.3, -0.25) is 9.59 Å². The van der Waals surface area contributed by atoms with Crippen LogP contribution in [0.2, 0.25) is 0 Å². The average Bonchev–Trinajstić information content (AvgIpc) is 3.17. The number of hydrogen-bond donors (Lipinski definition) is 1. The van der Waals surface area contributed by atoms with Gasteiger partial charge in [0.15, 0.2) is 5.69 Å². The van der Waals surface area contributed by atoms with Crippen LogP contribution in [0.1, 0.15) is 16.1 Å². The Morgan fingerprint density at radius 3 is 2.19 bits per heavy atom. The molecule has 3 aromatic rings. The number of nitrogens with one attached hydrogen (secondary N) is 1. The topological polar surface area (TPSA) is 67.2 Å². The van der Waals surface area contributed by atoms with E-state index in [0.717, 1.165) is 34.0 Å². The summed E-state index contributed by atoms with van der Waals surface area (Å²) in [5.41, 5.74) is -0.652. The summed E-state index contributed by atoms with van der Waals surface area (Å²) in [7, 11) is 1.35. The predicted octanol–water partition coefficient (Wildman–Crippen LogP) is 3.88. The molecule has 1 aromatic heterocycles. The minimum absolute atomic E-state index is 0.0925. The first-order chi connectivity index (χ1) is 14.5. The van der Waals surface area contributed by atoms with Gasteiger partial charge < -0.3 is 10.2 Å². The van der Waals surface area contributed by atoms with Gasteiger partial charge >= 0.3 is 6.18 Å². The maximum absolute atomic E-state index is 13.2. The first-order valence-electron chi connectivity index (χ1n) is 8.77. The Kier molecular flexibility index (Phi) is 6.04. The summed E-state index contributed by atoms with van der Waals surface area (Å²) in [5, 5.41) is 5.73. The maximum atomic E-state index is 13.2. The van der Waals surface area contributed by atoms with Crippen LogP contribution in [0.3, 0.4) is 0 Å². The first kappa shape index (κ1) is 21.9. The summed E-state index contributed by atoms with van der Waals surface area (Å²) >= 11 is 0. The Balaban J connectivity index is 1.64. The van der Waals surface area contributed by atoms with E-state index < -0.39 is 41.9 Å². The van der Waals surface area contributed by atoms with E-state index in [1.165, 1.54) is 31.3 Å². The van der Waals surface area contributed by atoms with E-state index in [1.54, 1.807) is 0 Å². The van der Waals surface area contributed by atoms with Crippen LogP contribution in [0.5, 0.6) is 0 Å². The van der Waals surface area contributed by atoms with Crippen molar-refractivity contribution in [2.75, 3.05) is 18.9 Å². The predicted molar refractivity (Wildman–Crippen MR) is 101 cm³/mol. The first-order valence-corrected chi connectivity index (χ1v) is 8.77. The van der Waals surface area contributed by atoms with Crippen LogP contribution in [0.25, 0.3) is 5.69 Å². The molecule has 2 amide bonds. The number of carbonyl (C=O) groups is 2. The van der Waals surface area contributed by atoms with Gasteiger partial charge in [-0.1, -0.05) is 0 Å². The number of anilines is 1. The number of halogens is 5. The van der Waals surface area contributed by atoms with Crippen molar-refractivity contribution in [1.29, 1.82) is 0 Å². The van der Waals surface area contributed by atoms with Gasteiger partial charge in [-0.2, -0.15) is 18.3 Å². The van der Waals surface area contributed by atoms with Crippen molar-refractivity contribution in [3.63, 3.8) is 0 Å². The van der Waals surface area contributed by atoms with Gasteiger partial charge in [0, 0.05) is 30.6 Å². The number of alkyl halides is 3. The van der Waals surface area contributed by atoms with Gasteiger partial charge in [-0.25, -0.2) is 13.5 Å². The third kappa shape index (κ3) is 5.44. The largest absolute Gasteiger partial charge is 0.435 e. The summed E-state index contributed by atoms with van der Waals surface area (Å²) in [6.07, 6.45) is -3.42. The van der Waals surface area contributed by atoms with Gasteiger partial charge in [0.05, 0.1) is 12.2 Å². The van der Waals surface area contributed by atoms with Crippen LogP contribution >= 0.6 is 0 Å². The third-order valence-electron chi connectivity index (χ3n) is 4.13. The van der Waals surface area contributed by atoms with E-state index in [1.807, 2.05) is 0 Å². The quantitative estimate of drug-likeness (QED) is 0.615. The molecule has 2 aromatic carbocycles. The zero-order valence-electron chi connectivity index (χ0n) is 16.0. The fraction of sp³-hybridized carbons (Fsp3) is 0.150. The van der Waals surface area contributed by atoms with Crippen LogP contribution in [0, 0.1) is 11.6 Å². The van der Waals surface area contributed by atoms with Gasteiger partial charge in [0.2, 0.25) is 5.91 Å². The molecule has 0 radical (unpaired) electrons. The van der Waals surface area contributed by atoms with Crippen molar-refractivity contribution in [2.24, 2.45) is 0 Å². The standard InChI is InChI=1S/C20H15F5N4O2/c1-28(11-18(30)26-15-9-13(21)8-14(22)10-15)19(31)12-2-4-16(5-3-12)29-7-6-17(27-29)20(23,24)25/h2-10H,11H2,1H3,(H,26,30). The van der Waals surface area contributed by atoms with Crippen molar-refractivity contribution in [3.8, 4) is 5.69 Å². The summed E-state index contributed by atoms with van der Waals surface area (Å²) in [6.45, 7) is -0.396. The van der Waals surface area contributed by atoms with Crippen molar-refractivity contribution in [2.45, 2.75) is 6.18 Å². The molecular weight excluding hydrogens is 423 g/mol. The molecule has 0 bridgehead atoms. The lowest BCUT2D eigenvalue weighted by atomic mass is 10.2. The summed E-state index contributed by atoms with van der Waals surface area (Å²) in [6, 6.07) is 8.92. The Morgan fingerprint density at radius 2 is 1.65 bits per heavy atom. The Hall–Kier alpha value is -3.76. The summed E-state index contributed by atoms with van der Waals surface area (Å²) in [5.74, 6) is -2.93. The van der Waals surface area contributed by atoms with Crippen molar-refractivity contribution in [3.05, 3.63) is 77.6 Å². The lowest BCUT2D eigenvalue weighted by Gasteiger charge is -2.17. The number of rotatable bonds is 5. The zero-order valence-corrected chi connectivity index (χ0v) is 16.0. The Morgan fingerprint density at radius 1 is 1.03 bits per heavy atom. The van der Waals surface area contributed by atoms with Crippen LogP contribution in [-0.2, 0) is 11.0 Å².